The second-order valence-corrected chi connectivity index (χ2v) is 10.2. The van der Waals surface area contributed by atoms with Crippen molar-refractivity contribution >= 4 is 51.9 Å². The number of oxime groups is 1. The fourth-order valence-corrected chi connectivity index (χ4v) is 5.91. The molecule has 1 fully saturated rings. The van der Waals surface area contributed by atoms with Crippen LogP contribution in [0.25, 0.3) is 0 Å². The van der Waals surface area contributed by atoms with Crippen molar-refractivity contribution in [1.29, 1.82) is 0 Å². The zero-order valence-electron chi connectivity index (χ0n) is 19.1. The third-order valence-electron chi connectivity index (χ3n) is 5.96. The van der Waals surface area contributed by atoms with E-state index in [1.807, 2.05) is 36.1 Å². The molecular weight excluding hydrogens is 508 g/mol. The van der Waals surface area contributed by atoms with Crippen LogP contribution in [-0.2, 0) is 32.8 Å². The summed E-state index contributed by atoms with van der Waals surface area (Å²) in [5.41, 5.74) is 5.83. The molecule has 2 aromatic heterocycles. The summed E-state index contributed by atoms with van der Waals surface area (Å²) in [5, 5.41) is 18.1. The van der Waals surface area contributed by atoms with Gasteiger partial charge in [-0.1, -0.05) is 11.2 Å². The van der Waals surface area contributed by atoms with Crippen molar-refractivity contribution < 1.29 is 29.0 Å². The summed E-state index contributed by atoms with van der Waals surface area (Å²) >= 11 is 2.26. The van der Waals surface area contributed by atoms with Gasteiger partial charge >= 0.3 is 0 Å². The maximum Gasteiger partial charge on any atom is 0.278 e. The first-order valence-corrected chi connectivity index (χ1v) is 12.9. The van der Waals surface area contributed by atoms with Crippen molar-refractivity contribution in [3.05, 3.63) is 47.7 Å². The number of fused-ring (bicyclic) bond motifs is 1. The van der Waals surface area contributed by atoms with Crippen molar-refractivity contribution in [2.24, 2.45) is 12.2 Å². The summed E-state index contributed by atoms with van der Waals surface area (Å²) in [6, 6.07) is 0.864. The van der Waals surface area contributed by atoms with E-state index in [4.69, 9.17) is 10.6 Å². The fourth-order valence-electron chi connectivity index (χ4n) is 4.14. The highest BCUT2D eigenvalue weighted by atomic mass is 32.2. The summed E-state index contributed by atoms with van der Waals surface area (Å²) in [6.45, 7) is 0.286. The van der Waals surface area contributed by atoms with Crippen LogP contribution in [0.15, 0.2) is 47.0 Å². The smallest absolute Gasteiger partial charge is 0.278 e. The van der Waals surface area contributed by atoms with E-state index in [9.17, 15) is 19.5 Å². The molecule has 15 heteroatoms. The first kappa shape index (κ1) is 24.0. The van der Waals surface area contributed by atoms with Crippen molar-refractivity contribution in [2.45, 2.75) is 36.9 Å². The van der Waals surface area contributed by atoms with Gasteiger partial charge in [0, 0.05) is 23.4 Å². The lowest BCUT2D eigenvalue weighted by molar-refractivity contribution is -0.752. The zero-order chi connectivity index (χ0) is 25.4. The number of rotatable bonds is 8. The Morgan fingerprint density at radius 3 is 2.92 bits per heavy atom. The van der Waals surface area contributed by atoms with Crippen LogP contribution in [0.1, 0.15) is 18.7 Å². The largest absolute Gasteiger partial charge is 0.543 e. The first-order valence-electron chi connectivity index (χ1n) is 11.0. The van der Waals surface area contributed by atoms with Gasteiger partial charge in [0.05, 0.1) is 17.9 Å². The van der Waals surface area contributed by atoms with Crippen LogP contribution < -0.4 is 20.8 Å². The number of nitrogens with zero attached hydrogens (tertiary/aromatic N) is 6. The van der Waals surface area contributed by atoms with Crippen LogP contribution in [0.5, 0.6) is 0 Å². The van der Waals surface area contributed by atoms with Crippen LogP contribution >= 0.6 is 23.3 Å². The van der Waals surface area contributed by atoms with Gasteiger partial charge in [0.25, 0.3) is 11.8 Å². The fraction of sp³-hybridized carbons (Fsp3) is 0.381. The van der Waals surface area contributed by atoms with E-state index in [2.05, 4.69) is 19.8 Å². The normalized spacial score (nSPS) is 23.5. The third-order valence-corrected chi connectivity index (χ3v) is 7.84. The van der Waals surface area contributed by atoms with E-state index >= 15 is 0 Å². The summed E-state index contributed by atoms with van der Waals surface area (Å²) in [4.78, 5) is 48.8. The van der Waals surface area contributed by atoms with Gasteiger partial charge in [0.2, 0.25) is 11.5 Å². The predicted octanol–water partition coefficient (Wildman–Crippen LogP) is -1.71. The Labute approximate surface area is 213 Å². The maximum atomic E-state index is 13.1. The van der Waals surface area contributed by atoms with Crippen LogP contribution in [0, 0.1) is 0 Å². The summed E-state index contributed by atoms with van der Waals surface area (Å²) in [5.74, 6) is -2.39. The molecule has 1 saturated heterocycles. The quantitative estimate of drug-likeness (QED) is 0.133. The Hall–Kier alpha value is -3.72. The number of nitrogens with two attached hydrogens (primary N) is 1. The molecule has 4 heterocycles. The van der Waals surface area contributed by atoms with Gasteiger partial charge in [0.1, 0.15) is 24.1 Å². The number of nitrogen functional groups attached to an aromatic ring is 1. The van der Waals surface area contributed by atoms with Gasteiger partial charge in [-0.25, -0.2) is 0 Å². The number of allylic oxidation sites excluding steroid dienone is 1. The van der Waals surface area contributed by atoms with Gasteiger partial charge in [-0.2, -0.15) is 14.0 Å². The molecule has 3 N–H and O–H groups in total. The number of aliphatic carboxylic acids is 1. The molecule has 13 nitrogen and oxygen atoms in total. The highest BCUT2D eigenvalue weighted by Crippen LogP contribution is 2.40. The number of aryl methyl sites for hydroxylation is 1. The number of β-lactam (4-membered cyclic amide) rings is 1. The molecule has 2 amide bonds. The third kappa shape index (κ3) is 4.46. The Kier molecular flexibility index (Phi) is 6.49. The molecule has 188 valence electrons. The number of aromatic nitrogens is 4. The van der Waals surface area contributed by atoms with E-state index in [1.54, 1.807) is 10.9 Å². The number of anilines is 1. The van der Waals surface area contributed by atoms with E-state index in [-0.39, 0.29) is 35.0 Å². The number of hydrogen-bond acceptors (Lipinski definition) is 11. The zero-order valence-corrected chi connectivity index (χ0v) is 20.7. The average molecular weight is 531 g/mol. The second-order valence-electron chi connectivity index (χ2n) is 8.31. The molecule has 0 bridgehead atoms. The number of nitrogens with one attached hydrogen (secondary N) is 1. The minimum absolute atomic E-state index is 0.0194. The molecule has 1 aliphatic carbocycles. The SMILES string of the molecule is C[n+]1cccn1CC1=C(C(=O)[O-])N2C(=O)C(NC(=O)C(=NOC3C=CCC3)c3nsc(N)n3)[C@H]2SC1. The highest BCUT2D eigenvalue weighted by molar-refractivity contribution is 8.00. The maximum absolute atomic E-state index is 13.1. The van der Waals surface area contributed by atoms with Crippen molar-refractivity contribution in [2.75, 3.05) is 11.5 Å². The minimum atomic E-state index is -1.44. The Bertz CT molecular complexity index is 1310. The molecule has 0 spiro atoms. The summed E-state index contributed by atoms with van der Waals surface area (Å²) in [7, 11) is 1.83. The van der Waals surface area contributed by atoms with Gasteiger partial charge in [-0.3, -0.25) is 14.5 Å². The number of hydrogen-bond donors (Lipinski definition) is 2. The minimum Gasteiger partial charge on any atom is -0.543 e. The Morgan fingerprint density at radius 2 is 2.28 bits per heavy atom. The molecule has 0 aromatic carbocycles. The van der Waals surface area contributed by atoms with Gasteiger partial charge in [-0.05, 0) is 24.5 Å². The number of thioether (sulfide) groups is 1. The Morgan fingerprint density at radius 1 is 1.44 bits per heavy atom. The van der Waals surface area contributed by atoms with Gasteiger partial charge in [-0.15, -0.1) is 16.4 Å². The molecule has 2 unspecified atom stereocenters. The lowest BCUT2D eigenvalue weighted by Gasteiger charge is -2.50. The molecule has 2 aliphatic heterocycles. The molecule has 36 heavy (non-hydrogen) atoms. The average Bonchev–Trinajstić information content (AvgIpc) is 3.61. The van der Waals surface area contributed by atoms with Crippen LogP contribution in [0.4, 0.5) is 5.13 Å². The van der Waals surface area contributed by atoms with Crippen molar-refractivity contribution in [3.63, 3.8) is 0 Å². The van der Waals surface area contributed by atoms with E-state index in [0.717, 1.165) is 24.4 Å². The van der Waals surface area contributed by atoms with Crippen LogP contribution in [0.3, 0.4) is 0 Å². The molecular formula is C21H22N8O5S2. The van der Waals surface area contributed by atoms with Crippen molar-refractivity contribution in [3.8, 4) is 0 Å². The number of carbonyl (C=O) groups is 3. The second kappa shape index (κ2) is 9.73. The topological polar surface area (TPSA) is 172 Å². The molecule has 5 rings (SSSR count). The molecule has 2 aromatic rings. The lowest BCUT2D eigenvalue weighted by Crippen LogP contribution is -2.71. The summed E-state index contributed by atoms with van der Waals surface area (Å²) < 4.78 is 7.66. The predicted molar refractivity (Wildman–Crippen MR) is 127 cm³/mol. The van der Waals surface area contributed by atoms with E-state index < -0.39 is 29.2 Å². The first-order chi connectivity index (χ1) is 17.3. The van der Waals surface area contributed by atoms with Gasteiger partial charge in [0.15, 0.2) is 18.4 Å². The molecule has 0 radical (unpaired) electrons. The number of carboxylic acid groups (broad SMARTS) is 1. The van der Waals surface area contributed by atoms with E-state index in [0.29, 0.717) is 11.3 Å². The highest BCUT2D eigenvalue weighted by Gasteiger charge is 2.53. The monoisotopic (exact) mass is 530 g/mol. The standard InChI is InChI=1S/C21H22N8O5S2/c1-27-7-4-8-28(27)9-11-10-35-19-14(18(31)29(19)15(11)20(32)33)23-17(30)13(16-24-21(22)36-26-16)25-34-12-5-2-3-6-12/h2,4-5,7-8,12,14,19H,3,6,9-10H2,1H3,(H3-,22,23,24,26,30,32,33)/t12?,14?,19-/m1/s1. The lowest BCUT2D eigenvalue weighted by atomic mass is 10.0. The summed E-state index contributed by atoms with van der Waals surface area (Å²) in [6.07, 6.45) is 8.71. The molecule has 3 atom stereocenters. The number of carbonyl (C=O) groups excluding carboxylic acids is 3. The van der Waals surface area contributed by atoms with Crippen LogP contribution in [0.2, 0.25) is 0 Å². The van der Waals surface area contributed by atoms with Crippen molar-refractivity contribution in [1.82, 2.24) is 24.3 Å². The molecule has 0 saturated carbocycles. The Balaban J connectivity index is 1.34. The number of amides is 2. The van der Waals surface area contributed by atoms with E-state index in [1.165, 1.54) is 16.7 Å². The van der Waals surface area contributed by atoms with Gasteiger partial charge < -0.3 is 25.8 Å². The van der Waals surface area contributed by atoms with Crippen LogP contribution in [-0.4, -0.2) is 65.7 Å². The number of carboxylic acids is 1. The molecule has 3 aliphatic rings.